The highest BCUT2D eigenvalue weighted by Crippen LogP contribution is 2.28. The van der Waals surface area contributed by atoms with Crippen molar-refractivity contribution in [2.24, 2.45) is 5.41 Å². The molecule has 0 spiro atoms. The summed E-state index contributed by atoms with van der Waals surface area (Å²) < 4.78 is 0. The highest BCUT2D eigenvalue weighted by molar-refractivity contribution is 4.72. The van der Waals surface area contributed by atoms with Crippen molar-refractivity contribution in [3.8, 4) is 0 Å². The molecular weight excluding hydrogens is 148 g/mol. The molecule has 0 radical (unpaired) electrons. The fraction of sp³-hybridized carbons (Fsp3) is 0.909. The lowest BCUT2D eigenvalue weighted by atomic mass is 9.82. The van der Waals surface area contributed by atoms with Crippen molar-refractivity contribution in [1.82, 2.24) is 0 Å². The smallest absolute Gasteiger partial charge is 0.0872 e. The van der Waals surface area contributed by atoms with E-state index in [1.165, 1.54) is 19.3 Å². The molecule has 0 rings (SSSR count). The van der Waals surface area contributed by atoms with Gasteiger partial charge in [0.2, 0.25) is 0 Å². The Morgan fingerprint density at radius 2 is 2.00 bits per heavy atom. The van der Waals surface area contributed by atoms with E-state index in [9.17, 15) is 5.11 Å². The van der Waals surface area contributed by atoms with Gasteiger partial charge in [-0.25, -0.2) is 0 Å². The third-order valence-corrected chi connectivity index (χ3v) is 2.19. The van der Waals surface area contributed by atoms with Gasteiger partial charge < -0.3 is 5.11 Å². The van der Waals surface area contributed by atoms with E-state index < -0.39 is 0 Å². The minimum atomic E-state index is -0.161. The van der Waals surface area contributed by atoms with Gasteiger partial charge in [0, 0.05) is 0 Å². The summed E-state index contributed by atoms with van der Waals surface area (Å²) in [6.45, 7) is 8.43. The molecule has 12 heavy (non-hydrogen) atoms. The molecule has 0 aromatic carbocycles. The van der Waals surface area contributed by atoms with E-state index in [1.807, 2.05) is 6.92 Å². The van der Waals surface area contributed by atoms with Crippen molar-refractivity contribution in [1.29, 1.82) is 0 Å². The molecule has 1 nitrogen and oxygen atoms in total. The predicted octanol–water partition coefficient (Wildman–Crippen LogP) is 3.18. The molecule has 0 aliphatic heterocycles. The van der Waals surface area contributed by atoms with Gasteiger partial charge in [-0.15, -0.1) is 0 Å². The molecule has 0 saturated heterocycles. The van der Waals surface area contributed by atoms with Gasteiger partial charge in [0.15, 0.2) is 0 Å². The second-order valence-electron chi connectivity index (χ2n) is 4.52. The van der Waals surface area contributed by atoms with Crippen molar-refractivity contribution < 1.29 is 5.11 Å². The van der Waals surface area contributed by atoms with Gasteiger partial charge in [0.25, 0.3) is 0 Å². The van der Waals surface area contributed by atoms with Crippen molar-refractivity contribution in [2.75, 3.05) is 0 Å². The van der Waals surface area contributed by atoms with E-state index in [0.717, 1.165) is 6.42 Å². The van der Waals surface area contributed by atoms with E-state index in [0.29, 0.717) is 5.41 Å². The third kappa shape index (κ3) is 6.53. The molecule has 0 bridgehead atoms. The average molecular weight is 171 g/mol. The van der Waals surface area contributed by atoms with Crippen LogP contribution in [-0.4, -0.2) is 11.2 Å². The Morgan fingerprint density at radius 1 is 1.42 bits per heavy atom. The summed E-state index contributed by atoms with van der Waals surface area (Å²) in [6.07, 6.45) is 6.61. The topological polar surface area (TPSA) is 20.2 Å². The molecule has 1 unspecified atom stereocenters. The van der Waals surface area contributed by atoms with Crippen LogP contribution in [0.15, 0.2) is 0 Å². The molecule has 0 aromatic heterocycles. The van der Waals surface area contributed by atoms with Gasteiger partial charge in [0.05, 0.1) is 25.9 Å². The van der Waals surface area contributed by atoms with Crippen LogP contribution in [0.3, 0.4) is 0 Å². The van der Waals surface area contributed by atoms with Crippen LogP contribution in [0.5, 0.6) is 0 Å². The Bertz CT molecular complexity index is 106. The molecule has 1 N–H and O–H groups in total. The summed E-state index contributed by atoms with van der Waals surface area (Å²) in [5, 5.41) is 9.24. The highest BCUT2D eigenvalue weighted by atomic mass is 16.3. The van der Waals surface area contributed by atoms with Crippen LogP contribution in [0.4, 0.5) is 0 Å². The van der Waals surface area contributed by atoms with Gasteiger partial charge in [0.1, 0.15) is 0 Å². The lowest BCUT2D eigenvalue weighted by Crippen LogP contribution is -2.18. The molecule has 0 heterocycles. The minimum Gasteiger partial charge on any atom is -0.393 e. The number of hydrogen-bond donors (Lipinski definition) is 1. The maximum absolute atomic E-state index is 9.24. The molecule has 72 valence electrons. The van der Waals surface area contributed by atoms with Gasteiger partial charge in [-0.1, -0.05) is 13.8 Å². The fourth-order valence-corrected chi connectivity index (χ4v) is 1.69. The molecule has 0 aromatic rings. The maximum Gasteiger partial charge on any atom is 0.0872 e. The summed E-state index contributed by atoms with van der Waals surface area (Å²) in [7, 11) is 0. The molecule has 0 amide bonds. The normalized spacial score (nSPS) is 14.4. The number of aliphatic hydroxyl groups excluding tert-OH is 1. The monoisotopic (exact) mass is 171 g/mol. The van der Waals surface area contributed by atoms with Crippen molar-refractivity contribution >= 4 is 0 Å². The summed E-state index contributed by atoms with van der Waals surface area (Å²) >= 11 is 0. The second kappa shape index (κ2) is 5.47. The first-order valence-electron chi connectivity index (χ1n) is 4.94. The van der Waals surface area contributed by atoms with Crippen LogP contribution in [0.25, 0.3) is 0 Å². The first-order valence-corrected chi connectivity index (χ1v) is 4.94. The zero-order valence-corrected chi connectivity index (χ0v) is 8.93. The summed E-state index contributed by atoms with van der Waals surface area (Å²) in [4.78, 5) is 0. The largest absolute Gasteiger partial charge is 0.393 e. The number of hydrogen-bond acceptors (Lipinski definition) is 1. The van der Waals surface area contributed by atoms with E-state index in [4.69, 9.17) is 0 Å². The van der Waals surface area contributed by atoms with E-state index >= 15 is 0 Å². The maximum atomic E-state index is 9.24. The van der Waals surface area contributed by atoms with E-state index in [-0.39, 0.29) is 6.10 Å². The van der Waals surface area contributed by atoms with Crippen LogP contribution < -0.4 is 0 Å². The van der Waals surface area contributed by atoms with Crippen LogP contribution in [-0.2, 0) is 0 Å². The zero-order valence-electron chi connectivity index (χ0n) is 8.93. The van der Waals surface area contributed by atoms with Gasteiger partial charge in [-0.3, -0.25) is 0 Å². The zero-order chi connectivity index (χ0) is 9.61. The van der Waals surface area contributed by atoms with Gasteiger partial charge in [-0.05, 0) is 31.6 Å². The molecule has 0 aliphatic carbocycles. The lowest BCUT2D eigenvalue weighted by Gasteiger charge is -2.25. The van der Waals surface area contributed by atoms with Crippen molar-refractivity contribution in [3.63, 3.8) is 0 Å². The molecule has 0 fully saturated rings. The second-order valence-corrected chi connectivity index (χ2v) is 4.52. The van der Waals surface area contributed by atoms with Crippen LogP contribution >= 0.6 is 0 Å². The molecule has 1 atom stereocenters. The average Bonchev–Trinajstić information content (AvgIpc) is 1.84. The van der Waals surface area contributed by atoms with Crippen molar-refractivity contribution in [3.05, 3.63) is 6.42 Å². The van der Waals surface area contributed by atoms with Crippen LogP contribution in [0, 0.1) is 11.8 Å². The van der Waals surface area contributed by atoms with Gasteiger partial charge in [-0.2, -0.15) is 0 Å². The van der Waals surface area contributed by atoms with Crippen molar-refractivity contribution in [2.45, 2.75) is 59.5 Å². The minimum absolute atomic E-state index is 0.161. The molecule has 0 saturated carbocycles. The Morgan fingerprint density at radius 3 is 2.42 bits per heavy atom. The molecule has 1 heteroatoms. The van der Waals surface area contributed by atoms with Crippen LogP contribution in [0.2, 0.25) is 0 Å². The summed E-state index contributed by atoms with van der Waals surface area (Å²) in [6, 6.07) is 0. The molecule has 0 aliphatic rings. The standard InChI is InChI=1S/C11H23O/c1-5-6-7-8-11(3,4)9-10(2)12/h5,10,12H,6-9H2,1-4H3/q+1. The summed E-state index contributed by atoms with van der Waals surface area (Å²) in [5.41, 5.74) is 0.303. The Hall–Kier alpha value is -0.170. The highest BCUT2D eigenvalue weighted by Gasteiger charge is 2.19. The summed E-state index contributed by atoms with van der Waals surface area (Å²) in [5.74, 6) is 0. The quantitative estimate of drug-likeness (QED) is 0.480. The number of aliphatic hydroxyl groups is 1. The first-order chi connectivity index (χ1) is 5.48. The Balaban J connectivity index is 3.56. The predicted molar refractivity (Wildman–Crippen MR) is 53.9 cm³/mol. The van der Waals surface area contributed by atoms with E-state index in [2.05, 4.69) is 27.2 Å². The third-order valence-electron chi connectivity index (χ3n) is 2.19. The molecular formula is C11H23O+. The van der Waals surface area contributed by atoms with Crippen LogP contribution in [0.1, 0.15) is 53.4 Å². The lowest BCUT2D eigenvalue weighted by molar-refractivity contribution is 0.123. The van der Waals surface area contributed by atoms with E-state index in [1.54, 1.807) is 0 Å². The first kappa shape index (κ1) is 11.8. The Labute approximate surface area is 77.2 Å². The van der Waals surface area contributed by atoms with Gasteiger partial charge >= 0.3 is 0 Å². The Kier molecular flexibility index (Phi) is 5.39. The SMILES string of the molecule is C[CH+]CCCC(C)(C)CC(C)O. The fourth-order valence-electron chi connectivity index (χ4n) is 1.69. The number of rotatable bonds is 6. The number of unbranched alkanes of at least 4 members (excludes halogenated alkanes) is 2.